The summed E-state index contributed by atoms with van der Waals surface area (Å²) in [5.74, 6) is 2.54. The molecule has 0 aromatic carbocycles. The molecule has 60 valence electrons. The molecule has 0 radical (unpaired) electrons. The van der Waals surface area contributed by atoms with E-state index in [2.05, 4.69) is 4.99 Å². The number of hydrogen-bond acceptors (Lipinski definition) is 2. The van der Waals surface area contributed by atoms with Crippen molar-refractivity contribution in [1.29, 1.82) is 0 Å². The van der Waals surface area contributed by atoms with E-state index in [4.69, 9.17) is 0 Å². The first-order valence-electron chi connectivity index (χ1n) is 4.45. The fraction of sp³-hybridized carbons (Fsp3) is 0.889. The molecule has 0 heterocycles. The summed E-state index contributed by atoms with van der Waals surface area (Å²) in [6, 6.07) is 0. The lowest BCUT2D eigenvalue weighted by atomic mass is 9.98. The maximum atomic E-state index is 9.90. The molecule has 2 nitrogen and oxygen atoms in total. The Kier molecular flexibility index (Phi) is 1.79. The van der Waals surface area contributed by atoms with Crippen molar-refractivity contribution < 1.29 is 4.79 Å². The summed E-state index contributed by atoms with van der Waals surface area (Å²) >= 11 is 0. The molecule has 0 bridgehead atoms. The molecule has 0 saturated heterocycles. The number of nitrogens with zero attached hydrogens (tertiary/aromatic N) is 1. The van der Waals surface area contributed by atoms with Gasteiger partial charge in [-0.3, -0.25) is 0 Å². The number of hydrogen-bond donors (Lipinski definition) is 0. The molecule has 0 atom stereocenters. The first kappa shape index (κ1) is 7.05. The highest BCUT2D eigenvalue weighted by Crippen LogP contribution is 2.49. The van der Waals surface area contributed by atoms with E-state index in [1.165, 1.54) is 25.7 Å². The Morgan fingerprint density at radius 1 is 1.27 bits per heavy atom. The van der Waals surface area contributed by atoms with Gasteiger partial charge in [0, 0.05) is 0 Å². The van der Waals surface area contributed by atoms with Gasteiger partial charge >= 0.3 is 0 Å². The maximum absolute atomic E-state index is 9.90. The Morgan fingerprint density at radius 3 is 2.18 bits per heavy atom. The number of carbonyl (C=O) groups excluding carboxylic acids is 1. The second kappa shape index (κ2) is 2.78. The van der Waals surface area contributed by atoms with Crippen LogP contribution in [0.15, 0.2) is 4.99 Å². The second-order valence-electron chi connectivity index (χ2n) is 3.77. The lowest BCUT2D eigenvalue weighted by Gasteiger charge is -2.09. The first-order chi connectivity index (χ1) is 5.42. The minimum absolute atomic E-state index is 0.733. The lowest BCUT2D eigenvalue weighted by Crippen LogP contribution is -2.09. The van der Waals surface area contributed by atoms with Gasteiger partial charge in [0.1, 0.15) is 0 Å². The van der Waals surface area contributed by atoms with E-state index >= 15 is 0 Å². The molecule has 0 N–H and O–H groups in total. The average Bonchev–Trinajstić information content (AvgIpc) is 2.85. The molecule has 0 aromatic heterocycles. The highest BCUT2D eigenvalue weighted by molar-refractivity contribution is 5.32. The Morgan fingerprint density at radius 2 is 1.82 bits per heavy atom. The minimum atomic E-state index is 0.733. The fourth-order valence-electron chi connectivity index (χ4n) is 1.87. The normalized spacial score (nSPS) is 23.4. The Labute approximate surface area is 66.7 Å². The standard InChI is InChI=1S/C9H13NO/c11-6-10-5-9(7-1-2-7)8-3-4-8/h7-9H,1-5H2. The molecule has 2 fully saturated rings. The van der Waals surface area contributed by atoms with Crippen LogP contribution in [0.2, 0.25) is 0 Å². The summed E-state index contributed by atoms with van der Waals surface area (Å²) in [6.45, 7) is 0.749. The van der Waals surface area contributed by atoms with Crippen molar-refractivity contribution in [3.05, 3.63) is 0 Å². The van der Waals surface area contributed by atoms with Gasteiger partial charge in [0.2, 0.25) is 6.08 Å². The van der Waals surface area contributed by atoms with Crippen LogP contribution in [-0.2, 0) is 4.79 Å². The van der Waals surface area contributed by atoms with Crippen LogP contribution < -0.4 is 0 Å². The monoisotopic (exact) mass is 151 g/mol. The fourth-order valence-corrected chi connectivity index (χ4v) is 1.87. The quantitative estimate of drug-likeness (QED) is 0.444. The van der Waals surface area contributed by atoms with Crippen molar-refractivity contribution >= 4 is 6.08 Å². The molecule has 2 heteroatoms. The van der Waals surface area contributed by atoms with Crippen molar-refractivity contribution in [2.24, 2.45) is 22.7 Å². The summed E-state index contributed by atoms with van der Waals surface area (Å²) in [4.78, 5) is 13.6. The smallest absolute Gasteiger partial charge is 0.211 e. The molecule has 11 heavy (non-hydrogen) atoms. The van der Waals surface area contributed by atoms with Gasteiger partial charge in [0.05, 0.1) is 6.54 Å². The van der Waals surface area contributed by atoms with Crippen LogP contribution in [0.25, 0.3) is 0 Å². The Balaban J connectivity index is 1.86. The summed E-state index contributed by atoms with van der Waals surface area (Å²) in [6.07, 6.45) is 7.12. The van der Waals surface area contributed by atoms with Crippen LogP contribution >= 0.6 is 0 Å². The highest BCUT2D eigenvalue weighted by atomic mass is 16.1. The molecule has 2 saturated carbocycles. The van der Waals surface area contributed by atoms with Crippen LogP contribution in [0.3, 0.4) is 0 Å². The van der Waals surface area contributed by atoms with E-state index in [1.54, 1.807) is 6.08 Å². The molecule has 0 aliphatic heterocycles. The molecular weight excluding hydrogens is 138 g/mol. The molecule has 2 aliphatic rings. The van der Waals surface area contributed by atoms with E-state index in [9.17, 15) is 4.79 Å². The molecule has 0 aromatic rings. The largest absolute Gasteiger partial charge is 0.234 e. The molecule has 2 rings (SSSR count). The average molecular weight is 151 g/mol. The third kappa shape index (κ3) is 1.69. The van der Waals surface area contributed by atoms with E-state index in [0.717, 1.165) is 24.3 Å². The van der Waals surface area contributed by atoms with Crippen LogP contribution in [0.5, 0.6) is 0 Å². The van der Waals surface area contributed by atoms with E-state index in [1.807, 2.05) is 0 Å². The van der Waals surface area contributed by atoms with E-state index < -0.39 is 0 Å². The van der Waals surface area contributed by atoms with Crippen LogP contribution in [0, 0.1) is 17.8 Å². The topological polar surface area (TPSA) is 29.4 Å². The van der Waals surface area contributed by atoms with Gasteiger partial charge < -0.3 is 0 Å². The third-order valence-electron chi connectivity index (χ3n) is 2.82. The lowest BCUT2D eigenvalue weighted by molar-refractivity contribution is 0.416. The van der Waals surface area contributed by atoms with Crippen molar-refractivity contribution in [3.63, 3.8) is 0 Å². The molecule has 0 amide bonds. The Hall–Kier alpha value is -0.620. The Bertz CT molecular complexity index is 176. The van der Waals surface area contributed by atoms with E-state index in [0.29, 0.717) is 0 Å². The molecular formula is C9H13NO. The van der Waals surface area contributed by atoms with Crippen molar-refractivity contribution in [2.45, 2.75) is 25.7 Å². The highest BCUT2D eigenvalue weighted by Gasteiger charge is 2.40. The van der Waals surface area contributed by atoms with Gasteiger partial charge in [-0.2, -0.15) is 0 Å². The van der Waals surface area contributed by atoms with Gasteiger partial charge in [-0.1, -0.05) is 0 Å². The maximum Gasteiger partial charge on any atom is 0.234 e. The SMILES string of the molecule is O=C=NCC(C1CC1)C1CC1. The summed E-state index contributed by atoms with van der Waals surface area (Å²) in [7, 11) is 0. The molecule has 0 spiro atoms. The zero-order valence-corrected chi connectivity index (χ0v) is 6.62. The number of rotatable bonds is 4. The van der Waals surface area contributed by atoms with Crippen molar-refractivity contribution in [1.82, 2.24) is 0 Å². The predicted octanol–water partition coefficient (Wildman–Crippen LogP) is 1.76. The molecule has 2 aliphatic carbocycles. The third-order valence-corrected chi connectivity index (χ3v) is 2.82. The minimum Gasteiger partial charge on any atom is -0.211 e. The summed E-state index contributed by atoms with van der Waals surface area (Å²) in [5, 5.41) is 0. The van der Waals surface area contributed by atoms with Gasteiger partial charge in [-0.25, -0.2) is 9.79 Å². The predicted molar refractivity (Wildman–Crippen MR) is 41.9 cm³/mol. The zero-order valence-electron chi connectivity index (χ0n) is 6.62. The first-order valence-corrected chi connectivity index (χ1v) is 4.45. The van der Waals surface area contributed by atoms with Gasteiger partial charge in [0.15, 0.2) is 0 Å². The number of aliphatic imine (C=N–C) groups is 1. The van der Waals surface area contributed by atoms with E-state index in [-0.39, 0.29) is 0 Å². The molecule has 0 unspecified atom stereocenters. The number of isocyanates is 1. The van der Waals surface area contributed by atoms with Crippen molar-refractivity contribution in [3.8, 4) is 0 Å². The summed E-state index contributed by atoms with van der Waals surface area (Å²) < 4.78 is 0. The van der Waals surface area contributed by atoms with Crippen LogP contribution in [0.1, 0.15) is 25.7 Å². The zero-order chi connectivity index (χ0) is 7.68. The van der Waals surface area contributed by atoms with Crippen molar-refractivity contribution in [2.75, 3.05) is 6.54 Å². The van der Waals surface area contributed by atoms with Crippen LogP contribution in [0.4, 0.5) is 0 Å². The van der Waals surface area contributed by atoms with Gasteiger partial charge in [-0.05, 0) is 43.4 Å². The second-order valence-corrected chi connectivity index (χ2v) is 3.77. The van der Waals surface area contributed by atoms with Gasteiger partial charge in [-0.15, -0.1) is 0 Å². The summed E-state index contributed by atoms with van der Waals surface area (Å²) in [5.41, 5.74) is 0. The van der Waals surface area contributed by atoms with Crippen LogP contribution in [-0.4, -0.2) is 12.6 Å². The van der Waals surface area contributed by atoms with Gasteiger partial charge in [0.25, 0.3) is 0 Å².